The lowest BCUT2D eigenvalue weighted by Crippen LogP contribution is -1.99. The van der Waals surface area contributed by atoms with E-state index in [0.29, 0.717) is 16.7 Å². The van der Waals surface area contributed by atoms with E-state index in [0.717, 1.165) is 0 Å². The molecule has 7 heteroatoms. The van der Waals surface area contributed by atoms with Crippen LogP contribution in [0.1, 0.15) is 0 Å². The third kappa shape index (κ3) is 2.84. The molecule has 0 radical (unpaired) electrons. The summed E-state index contributed by atoms with van der Waals surface area (Å²) in [4.78, 5) is 7.71. The topological polar surface area (TPSA) is 73.6 Å². The second-order valence-electron chi connectivity index (χ2n) is 3.27. The minimum Gasteiger partial charge on any atom is -0.338 e. The SMILES string of the molecule is N#CNc1cc(Nc2cc(Cl)ccc2F)ncn1. The number of hydrogen-bond donors (Lipinski definition) is 2. The zero-order valence-corrected chi connectivity index (χ0v) is 9.74. The Morgan fingerprint density at radius 1 is 1.22 bits per heavy atom. The first kappa shape index (κ1) is 12.1. The predicted octanol–water partition coefficient (Wildman–Crippen LogP) is 2.91. The maximum Gasteiger partial charge on any atom is 0.182 e. The van der Waals surface area contributed by atoms with Crippen molar-refractivity contribution in [1.82, 2.24) is 9.97 Å². The molecule has 0 unspecified atom stereocenters. The fraction of sp³-hybridized carbons (Fsp3) is 0. The van der Waals surface area contributed by atoms with Gasteiger partial charge in [-0.15, -0.1) is 0 Å². The molecule has 1 aromatic carbocycles. The van der Waals surface area contributed by atoms with Crippen LogP contribution in [0.2, 0.25) is 5.02 Å². The van der Waals surface area contributed by atoms with E-state index in [2.05, 4.69) is 20.6 Å². The summed E-state index contributed by atoms with van der Waals surface area (Å²) < 4.78 is 13.5. The molecule has 0 atom stereocenters. The molecule has 0 aliphatic heterocycles. The van der Waals surface area contributed by atoms with Crippen LogP contribution in [0.4, 0.5) is 21.7 Å². The van der Waals surface area contributed by atoms with Crippen LogP contribution >= 0.6 is 11.6 Å². The minimum absolute atomic E-state index is 0.198. The van der Waals surface area contributed by atoms with Gasteiger partial charge in [0.05, 0.1) is 5.69 Å². The fourth-order valence-electron chi connectivity index (χ4n) is 1.28. The van der Waals surface area contributed by atoms with Crippen LogP contribution in [-0.4, -0.2) is 9.97 Å². The number of benzene rings is 1. The van der Waals surface area contributed by atoms with Crippen LogP contribution in [0.25, 0.3) is 0 Å². The van der Waals surface area contributed by atoms with E-state index in [-0.39, 0.29) is 5.69 Å². The number of nitrogens with zero attached hydrogens (tertiary/aromatic N) is 3. The van der Waals surface area contributed by atoms with E-state index in [4.69, 9.17) is 16.9 Å². The summed E-state index contributed by atoms with van der Waals surface area (Å²) in [6.45, 7) is 0. The van der Waals surface area contributed by atoms with Gasteiger partial charge < -0.3 is 5.32 Å². The second kappa shape index (κ2) is 5.29. The van der Waals surface area contributed by atoms with Crippen molar-refractivity contribution in [2.24, 2.45) is 0 Å². The molecule has 2 aromatic rings. The Labute approximate surface area is 107 Å². The van der Waals surface area contributed by atoms with Crippen LogP contribution in [0.3, 0.4) is 0 Å². The number of anilines is 3. The Morgan fingerprint density at radius 2 is 2.00 bits per heavy atom. The molecule has 18 heavy (non-hydrogen) atoms. The maximum atomic E-state index is 13.5. The molecule has 0 saturated heterocycles. The third-order valence-electron chi connectivity index (χ3n) is 2.04. The Kier molecular flexibility index (Phi) is 3.55. The summed E-state index contributed by atoms with van der Waals surface area (Å²) in [6.07, 6.45) is 2.99. The molecule has 0 aliphatic rings. The molecular weight excluding hydrogens is 257 g/mol. The van der Waals surface area contributed by atoms with Crippen molar-refractivity contribution < 1.29 is 4.39 Å². The summed E-state index contributed by atoms with van der Waals surface area (Å²) in [5.74, 6) is 0.217. The Morgan fingerprint density at radius 3 is 2.78 bits per heavy atom. The van der Waals surface area contributed by atoms with Gasteiger partial charge in [0, 0.05) is 11.1 Å². The zero-order chi connectivity index (χ0) is 13.0. The van der Waals surface area contributed by atoms with Crippen molar-refractivity contribution in [3.05, 3.63) is 41.4 Å². The van der Waals surface area contributed by atoms with Gasteiger partial charge in [-0.2, -0.15) is 5.26 Å². The summed E-state index contributed by atoms with van der Waals surface area (Å²) in [6, 6.07) is 5.62. The van der Waals surface area contributed by atoms with Gasteiger partial charge in [-0.1, -0.05) is 11.6 Å². The first-order valence-corrected chi connectivity index (χ1v) is 5.26. The van der Waals surface area contributed by atoms with Gasteiger partial charge in [0.25, 0.3) is 0 Å². The van der Waals surface area contributed by atoms with Crippen molar-refractivity contribution in [2.45, 2.75) is 0 Å². The molecule has 5 nitrogen and oxygen atoms in total. The summed E-state index contributed by atoms with van der Waals surface area (Å²) in [7, 11) is 0. The van der Waals surface area contributed by atoms with Crippen molar-refractivity contribution in [3.8, 4) is 6.19 Å². The van der Waals surface area contributed by atoms with Gasteiger partial charge in [-0.3, -0.25) is 5.32 Å². The van der Waals surface area contributed by atoms with Crippen molar-refractivity contribution >= 4 is 28.9 Å². The van der Waals surface area contributed by atoms with Crippen molar-refractivity contribution in [3.63, 3.8) is 0 Å². The van der Waals surface area contributed by atoms with Crippen molar-refractivity contribution in [2.75, 3.05) is 10.6 Å². The molecular formula is C11H7ClFN5. The third-order valence-corrected chi connectivity index (χ3v) is 2.28. The minimum atomic E-state index is -0.451. The highest BCUT2D eigenvalue weighted by Crippen LogP contribution is 2.23. The smallest absolute Gasteiger partial charge is 0.182 e. The quantitative estimate of drug-likeness (QED) is 0.658. The van der Waals surface area contributed by atoms with Gasteiger partial charge in [0.2, 0.25) is 0 Å². The van der Waals surface area contributed by atoms with Crippen LogP contribution in [-0.2, 0) is 0 Å². The summed E-state index contributed by atoms with van der Waals surface area (Å²) in [5, 5.41) is 14.0. The van der Waals surface area contributed by atoms with Crippen LogP contribution in [0.15, 0.2) is 30.6 Å². The standard InChI is InChI=1S/C11H7ClFN5/c12-7-1-2-8(13)9(3-7)18-11-4-10(15-5-14)16-6-17-11/h1-4,6H,(H2,15,16,17,18). The molecule has 0 aliphatic carbocycles. The number of aromatic nitrogens is 2. The maximum absolute atomic E-state index is 13.5. The lowest BCUT2D eigenvalue weighted by Gasteiger charge is -2.07. The van der Waals surface area contributed by atoms with Gasteiger partial charge in [-0.05, 0) is 18.2 Å². The van der Waals surface area contributed by atoms with Crippen LogP contribution in [0.5, 0.6) is 0 Å². The molecule has 2 rings (SSSR count). The van der Waals surface area contributed by atoms with E-state index in [9.17, 15) is 4.39 Å². The highest BCUT2D eigenvalue weighted by molar-refractivity contribution is 6.30. The number of nitrogens with one attached hydrogen (secondary N) is 2. The van der Waals surface area contributed by atoms with Crippen LogP contribution < -0.4 is 10.6 Å². The summed E-state index contributed by atoms with van der Waals surface area (Å²) in [5.41, 5.74) is 0.198. The monoisotopic (exact) mass is 263 g/mol. The Balaban J connectivity index is 2.26. The number of hydrogen-bond acceptors (Lipinski definition) is 5. The van der Waals surface area contributed by atoms with E-state index in [1.165, 1.54) is 30.6 Å². The van der Waals surface area contributed by atoms with Crippen molar-refractivity contribution in [1.29, 1.82) is 5.26 Å². The fourth-order valence-corrected chi connectivity index (χ4v) is 1.45. The molecule has 0 saturated carbocycles. The van der Waals surface area contributed by atoms with E-state index >= 15 is 0 Å². The lowest BCUT2D eigenvalue weighted by atomic mass is 10.3. The number of rotatable bonds is 3. The first-order valence-electron chi connectivity index (χ1n) is 4.88. The average molecular weight is 264 g/mol. The van der Waals surface area contributed by atoms with E-state index in [1.54, 1.807) is 6.19 Å². The number of halogens is 2. The molecule has 0 fully saturated rings. The molecule has 90 valence electrons. The van der Waals surface area contributed by atoms with E-state index < -0.39 is 5.82 Å². The molecule has 0 spiro atoms. The Bertz CT molecular complexity index is 611. The zero-order valence-electron chi connectivity index (χ0n) is 8.98. The second-order valence-corrected chi connectivity index (χ2v) is 3.71. The van der Waals surface area contributed by atoms with Gasteiger partial charge in [-0.25, -0.2) is 14.4 Å². The normalized spacial score (nSPS) is 9.61. The Hall–Kier alpha value is -2.39. The van der Waals surface area contributed by atoms with Gasteiger partial charge >= 0.3 is 0 Å². The van der Waals surface area contributed by atoms with Gasteiger partial charge in [0.15, 0.2) is 6.19 Å². The molecule has 0 amide bonds. The van der Waals surface area contributed by atoms with Gasteiger partial charge in [0.1, 0.15) is 23.8 Å². The first-order chi connectivity index (χ1) is 8.69. The van der Waals surface area contributed by atoms with Crippen LogP contribution in [0, 0.1) is 17.3 Å². The number of nitriles is 1. The lowest BCUT2D eigenvalue weighted by molar-refractivity contribution is 0.632. The largest absolute Gasteiger partial charge is 0.338 e. The predicted molar refractivity (Wildman–Crippen MR) is 66.0 cm³/mol. The highest BCUT2D eigenvalue weighted by atomic mass is 35.5. The molecule has 0 bridgehead atoms. The molecule has 2 N–H and O–H groups in total. The molecule has 1 heterocycles. The van der Waals surface area contributed by atoms with E-state index in [1.807, 2.05) is 0 Å². The molecule has 1 aromatic heterocycles. The average Bonchev–Trinajstić information content (AvgIpc) is 2.35. The summed E-state index contributed by atoms with van der Waals surface area (Å²) >= 11 is 5.77. The highest BCUT2D eigenvalue weighted by Gasteiger charge is 2.05.